The zero-order valence-electron chi connectivity index (χ0n) is 9.80. The van der Waals surface area contributed by atoms with Crippen LogP contribution in [0.5, 0.6) is 0 Å². The highest BCUT2D eigenvalue weighted by Crippen LogP contribution is 2.39. The second kappa shape index (κ2) is 5.72. The average molecular weight is 337 g/mol. The fraction of sp³-hybridized carbons (Fsp3) is 0.200. The van der Waals surface area contributed by atoms with Crippen molar-refractivity contribution in [1.29, 1.82) is 0 Å². The molecule has 1 unspecified atom stereocenters. The maximum atomic E-state index is 3.61. The van der Waals surface area contributed by atoms with Gasteiger partial charge in [-0.15, -0.1) is 23.5 Å². The number of benzene rings is 2. The zero-order chi connectivity index (χ0) is 12.4. The molecule has 0 saturated carbocycles. The van der Waals surface area contributed by atoms with Crippen LogP contribution in [0.2, 0.25) is 0 Å². The van der Waals surface area contributed by atoms with Gasteiger partial charge in [-0.1, -0.05) is 30.3 Å². The molecule has 3 rings (SSSR count). The SMILES string of the molecule is Brc1ccccc1SCC1Cc2ccccc2S1. The number of thioether (sulfide) groups is 2. The minimum absolute atomic E-state index is 0.708. The topological polar surface area (TPSA) is 0 Å². The quantitative estimate of drug-likeness (QED) is 0.701. The van der Waals surface area contributed by atoms with Crippen molar-refractivity contribution >= 4 is 39.5 Å². The molecule has 1 heterocycles. The van der Waals surface area contributed by atoms with Crippen molar-refractivity contribution in [3.05, 3.63) is 58.6 Å². The van der Waals surface area contributed by atoms with E-state index in [2.05, 4.69) is 64.5 Å². The van der Waals surface area contributed by atoms with Crippen LogP contribution in [0.4, 0.5) is 0 Å². The van der Waals surface area contributed by atoms with E-state index in [0.29, 0.717) is 5.25 Å². The summed E-state index contributed by atoms with van der Waals surface area (Å²) in [5.74, 6) is 1.17. The van der Waals surface area contributed by atoms with E-state index in [-0.39, 0.29) is 0 Å². The Morgan fingerprint density at radius 2 is 1.89 bits per heavy atom. The number of rotatable bonds is 3. The molecule has 0 aromatic heterocycles. The van der Waals surface area contributed by atoms with E-state index in [4.69, 9.17) is 0 Å². The smallest absolute Gasteiger partial charge is 0.0311 e. The van der Waals surface area contributed by atoms with E-state index in [0.717, 1.165) is 0 Å². The molecule has 0 aliphatic carbocycles. The molecule has 2 aromatic rings. The van der Waals surface area contributed by atoms with Gasteiger partial charge in [0.15, 0.2) is 0 Å². The molecule has 0 saturated heterocycles. The molecule has 3 heteroatoms. The molecule has 0 N–H and O–H groups in total. The van der Waals surface area contributed by atoms with Crippen molar-refractivity contribution in [2.45, 2.75) is 21.5 Å². The Morgan fingerprint density at radius 1 is 1.11 bits per heavy atom. The fourth-order valence-electron chi connectivity index (χ4n) is 2.09. The molecule has 18 heavy (non-hydrogen) atoms. The molecule has 2 aromatic carbocycles. The lowest BCUT2D eigenvalue weighted by molar-refractivity contribution is 0.970. The monoisotopic (exact) mass is 336 g/mol. The number of fused-ring (bicyclic) bond motifs is 1. The highest BCUT2D eigenvalue weighted by molar-refractivity contribution is 9.10. The van der Waals surface area contributed by atoms with Gasteiger partial charge in [-0.3, -0.25) is 0 Å². The van der Waals surface area contributed by atoms with Gasteiger partial charge < -0.3 is 0 Å². The van der Waals surface area contributed by atoms with Crippen LogP contribution >= 0.6 is 39.5 Å². The minimum atomic E-state index is 0.708. The van der Waals surface area contributed by atoms with Gasteiger partial charge in [0.1, 0.15) is 0 Å². The molecule has 1 aliphatic rings. The van der Waals surface area contributed by atoms with Crippen LogP contribution in [-0.2, 0) is 6.42 Å². The summed E-state index contributed by atoms with van der Waals surface area (Å²) in [5.41, 5.74) is 1.51. The standard InChI is InChI=1S/C15H13BrS2/c16-13-6-2-4-8-15(13)17-10-12-9-11-5-1-3-7-14(11)18-12/h1-8,12H,9-10H2. The molecule has 0 amide bonds. The van der Waals surface area contributed by atoms with E-state index in [1.54, 1.807) is 0 Å². The first kappa shape index (κ1) is 12.6. The molecule has 0 spiro atoms. The second-order valence-electron chi connectivity index (χ2n) is 4.29. The van der Waals surface area contributed by atoms with E-state index in [1.165, 1.54) is 32.0 Å². The fourth-order valence-corrected chi connectivity index (χ4v) is 5.14. The predicted octanol–water partition coefficient (Wildman–Crippen LogP) is 5.26. The zero-order valence-corrected chi connectivity index (χ0v) is 13.0. The first-order valence-electron chi connectivity index (χ1n) is 5.95. The van der Waals surface area contributed by atoms with Crippen molar-refractivity contribution in [3.63, 3.8) is 0 Å². The summed E-state index contributed by atoms with van der Waals surface area (Å²) in [5, 5.41) is 0.708. The Labute approximate surface area is 125 Å². The summed E-state index contributed by atoms with van der Waals surface area (Å²) in [6.45, 7) is 0. The van der Waals surface area contributed by atoms with Gasteiger partial charge >= 0.3 is 0 Å². The number of hydrogen-bond acceptors (Lipinski definition) is 2. The van der Waals surface area contributed by atoms with Crippen molar-refractivity contribution < 1.29 is 0 Å². The molecule has 0 fully saturated rings. The summed E-state index contributed by atoms with van der Waals surface area (Å²) in [6.07, 6.45) is 1.21. The number of halogens is 1. The summed E-state index contributed by atoms with van der Waals surface area (Å²) in [4.78, 5) is 2.81. The van der Waals surface area contributed by atoms with Gasteiger partial charge in [-0.2, -0.15) is 0 Å². The van der Waals surface area contributed by atoms with E-state index in [1.807, 2.05) is 23.5 Å². The van der Waals surface area contributed by atoms with Crippen molar-refractivity contribution in [2.75, 3.05) is 5.75 Å². The van der Waals surface area contributed by atoms with E-state index >= 15 is 0 Å². The molecule has 0 bridgehead atoms. The van der Waals surface area contributed by atoms with Crippen LogP contribution in [0.3, 0.4) is 0 Å². The van der Waals surface area contributed by atoms with Gasteiger partial charge in [0, 0.05) is 25.3 Å². The van der Waals surface area contributed by atoms with Crippen molar-refractivity contribution in [3.8, 4) is 0 Å². The van der Waals surface area contributed by atoms with Gasteiger partial charge in [0.25, 0.3) is 0 Å². The largest absolute Gasteiger partial charge is 0.124 e. The third kappa shape index (κ3) is 2.79. The van der Waals surface area contributed by atoms with Gasteiger partial charge in [-0.25, -0.2) is 0 Å². The lowest BCUT2D eigenvalue weighted by Crippen LogP contribution is -2.03. The van der Waals surface area contributed by atoms with Crippen molar-refractivity contribution in [2.24, 2.45) is 0 Å². The Morgan fingerprint density at radius 3 is 2.72 bits per heavy atom. The maximum Gasteiger partial charge on any atom is 0.0311 e. The molecular formula is C15H13BrS2. The molecule has 1 atom stereocenters. The number of hydrogen-bond donors (Lipinski definition) is 0. The third-order valence-corrected chi connectivity index (χ3v) is 6.70. The minimum Gasteiger partial charge on any atom is -0.124 e. The van der Waals surface area contributed by atoms with Crippen molar-refractivity contribution in [1.82, 2.24) is 0 Å². The van der Waals surface area contributed by atoms with E-state index < -0.39 is 0 Å². The van der Waals surface area contributed by atoms with Crippen LogP contribution in [0, 0.1) is 0 Å². The molecule has 92 valence electrons. The first-order chi connectivity index (χ1) is 8.83. The normalized spacial score (nSPS) is 17.7. The lowest BCUT2D eigenvalue weighted by atomic mass is 10.1. The highest BCUT2D eigenvalue weighted by atomic mass is 79.9. The van der Waals surface area contributed by atoms with Crippen LogP contribution in [0.15, 0.2) is 62.8 Å². The van der Waals surface area contributed by atoms with E-state index in [9.17, 15) is 0 Å². The summed E-state index contributed by atoms with van der Waals surface area (Å²) in [6, 6.07) is 17.2. The third-order valence-electron chi connectivity index (χ3n) is 2.98. The molecule has 1 aliphatic heterocycles. The maximum absolute atomic E-state index is 3.61. The van der Waals surface area contributed by atoms with Gasteiger partial charge in [0.2, 0.25) is 0 Å². The highest BCUT2D eigenvalue weighted by Gasteiger charge is 2.21. The molecule has 0 radical (unpaired) electrons. The van der Waals surface area contributed by atoms with Crippen LogP contribution < -0.4 is 0 Å². The predicted molar refractivity (Wildman–Crippen MR) is 84.7 cm³/mol. The average Bonchev–Trinajstić information content (AvgIpc) is 2.80. The second-order valence-corrected chi connectivity index (χ2v) is 7.55. The lowest BCUT2D eigenvalue weighted by Gasteiger charge is -2.08. The van der Waals surface area contributed by atoms with Crippen LogP contribution in [0.25, 0.3) is 0 Å². The summed E-state index contributed by atoms with van der Waals surface area (Å²) < 4.78 is 1.20. The Balaban J connectivity index is 1.62. The summed E-state index contributed by atoms with van der Waals surface area (Å²) in [7, 11) is 0. The molecular weight excluding hydrogens is 324 g/mol. The first-order valence-corrected chi connectivity index (χ1v) is 8.60. The Kier molecular flexibility index (Phi) is 4.02. The van der Waals surface area contributed by atoms with Crippen LogP contribution in [-0.4, -0.2) is 11.0 Å². The molecule has 0 nitrogen and oxygen atoms in total. The Bertz CT molecular complexity index is 529. The summed E-state index contributed by atoms with van der Waals surface area (Å²) >= 11 is 7.58. The van der Waals surface area contributed by atoms with Gasteiger partial charge in [-0.05, 0) is 46.1 Å². The van der Waals surface area contributed by atoms with Gasteiger partial charge in [0.05, 0.1) is 0 Å². The Hall–Kier alpha value is -0.380. The van der Waals surface area contributed by atoms with Crippen LogP contribution in [0.1, 0.15) is 5.56 Å².